The molecule has 2 heterocycles. The van der Waals surface area contributed by atoms with Gasteiger partial charge in [0, 0.05) is 13.0 Å². The molecule has 2 saturated heterocycles. The number of halogens is 1. The van der Waals surface area contributed by atoms with Crippen LogP contribution in [0.5, 0.6) is 0 Å². The normalized spacial score (nSPS) is 21.9. The summed E-state index contributed by atoms with van der Waals surface area (Å²) in [7, 11) is 0. The average molecular weight is 537 g/mol. The van der Waals surface area contributed by atoms with E-state index in [2.05, 4.69) is 10.6 Å². The van der Waals surface area contributed by atoms with Crippen LogP contribution in [0.15, 0.2) is 30.3 Å². The lowest BCUT2D eigenvalue weighted by molar-refractivity contribution is -0.152. The first-order valence-corrected chi connectivity index (χ1v) is 12.4. The van der Waals surface area contributed by atoms with E-state index in [-0.39, 0.29) is 37.8 Å². The number of ether oxygens (including phenoxy) is 1. The number of carbonyl (C=O) groups is 4. The molecule has 12 heteroatoms. The lowest BCUT2D eigenvalue weighted by atomic mass is 9.93. The number of aldehydes is 1. The molecule has 0 spiro atoms. The molecule has 0 saturated carbocycles. The van der Waals surface area contributed by atoms with Crippen molar-refractivity contribution in [3.05, 3.63) is 35.9 Å². The molecule has 1 aromatic carbocycles. The van der Waals surface area contributed by atoms with Crippen LogP contribution in [-0.2, 0) is 25.7 Å². The Labute approximate surface area is 223 Å². The lowest BCUT2D eigenvalue weighted by Crippen LogP contribution is -2.67. The number of imide groups is 1. The van der Waals surface area contributed by atoms with Crippen LogP contribution >= 0.6 is 12.4 Å². The van der Waals surface area contributed by atoms with E-state index in [9.17, 15) is 19.2 Å². The Kier molecular flexibility index (Phi) is 11.3. The van der Waals surface area contributed by atoms with Crippen LogP contribution < -0.4 is 16.4 Å². The largest absolute Gasteiger partial charge is 0.444 e. The van der Waals surface area contributed by atoms with Gasteiger partial charge in [0.05, 0.1) is 11.7 Å². The fraction of sp³-hybridized carbons (Fsp3) is 0.560. The van der Waals surface area contributed by atoms with Crippen LogP contribution in [0.25, 0.3) is 0 Å². The fourth-order valence-electron chi connectivity index (χ4n) is 4.91. The van der Waals surface area contributed by atoms with Crippen molar-refractivity contribution in [2.45, 2.75) is 76.2 Å². The molecule has 0 radical (unpaired) electrons. The second kappa shape index (κ2) is 13.9. The smallest absolute Gasteiger partial charge is 0.417 e. The molecule has 5 N–H and O–H groups in total. The number of amides is 3. The Morgan fingerprint density at radius 3 is 2.70 bits per heavy atom. The number of nitrogens with two attached hydrogens (primary N) is 1. The fourth-order valence-corrected chi connectivity index (χ4v) is 4.91. The number of hydrogen-bond donors (Lipinski definition) is 4. The number of benzene rings is 1. The molecule has 37 heavy (non-hydrogen) atoms. The first kappa shape index (κ1) is 30.0. The number of hydrogen-bond acceptors (Lipinski definition) is 7. The van der Waals surface area contributed by atoms with Gasteiger partial charge in [-0.15, -0.1) is 12.4 Å². The third-order valence-electron chi connectivity index (χ3n) is 6.75. The van der Waals surface area contributed by atoms with E-state index in [1.807, 2.05) is 25.1 Å². The number of carbonyl (C=O) groups excluding carboxylic acids is 4. The van der Waals surface area contributed by atoms with Gasteiger partial charge in [-0.3, -0.25) is 20.3 Å². The zero-order valence-corrected chi connectivity index (χ0v) is 21.9. The summed E-state index contributed by atoms with van der Waals surface area (Å²) in [6.07, 6.45) is 3.38. The highest BCUT2D eigenvalue weighted by Crippen LogP contribution is 2.31. The van der Waals surface area contributed by atoms with Gasteiger partial charge in [-0.05, 0) is 57.6 Å². The zero-order chi connectivity index (χ0) is 26.1. The van der Waals surface area contributed by atoms with Crippen molar-refractivity contribution in [1.82, 2.24) is 20.4 Å². The molecule has 2 fully saturated rings. The number of piperidine rings is 1. The van der Waals surface area contributed by atoms with E-state index in [0.717, 1.165) is 29.6 Å². The maximum Gasteiger partial charge on any atom is 0.417 e. The second-order valence-corrected chi connectivity index (χ2v) is 9.41. The molecular formula is C25H37ClN6O5. The van der Waals surface area contributed by atoms with Crippen molar-refractivity contribution in [1.29, 1.82) is 5.41 Å². The van der Waals surface area contributed by atoms with E-state index in [0.29, 0.717) is 32.4 Å². The molecule has 3 amide bonds. The van der Waals surface area contributed by atoms with E-state index in [1.54, 1.807) is 12.1 Å². The van der Waals surface area contributed by atoms with Gasteiger partial charge in [-0.25, -0.2) is 9.69 Å². The molecule has 3 rings (SSSR count). The topological polar surface area (TPSA) is 158 Å². The molecular weight excluding hydrogens is 500 g/mol. The molecule has 1 aromatic rings. The quantitative estimate of drug-likeness (QED) is 0.153. The lowest BCUT2D eigenvalue weighted by Gasteiger charge is -2.48. The minimum absolute atomic E-state index is 0. The molecule has 2 aliphatic rings. The van der Waals surface area contributed by atoms with Crippen LogP contribution in [0.2, 0.25) is 0 Å². The van der Waals surface area contributed by atoms with Crippen molar-refractivity contribution in [2.24, 2.45) is 5.73 Å². The van der Waals surface area contributed by atoms with Crippen LogP contribution in [0, 0.1) is 5.41 Å². The Morgan fingerprint density at radius 2 is 2.08 bits per heavy atom. The molecule has 3 atom stereocenters. The average Bonchev–Trinajstić information content (AvgIpc) is 3.26. The van der Waals surface area contributed by atoms with E-state index < -0.39 is 35.7 Å². The van der Waals surface area contributed by atoms with Gasteiger partial charge >= 0.3 is 6.09 Å². The van der Waals surface area contributed by atoms with Gasteiger partial charge in [0.2, 0.25) is 11.8 Å². The SMILES string of the molecule is CC1(N(C(=O)[C@H]2CCC(=O)N2C(=O)OCc2ccccc2)[C@H](C=O)CCCNC(=N)N)CCCCN1.Cl. The van der Waals surface area contributed by atoms with Gasteiger partial charge in [0.15, 0.2) is 5.96 Å². The first-order chi connectivity index (χ1) is 17.3. The number of nitrogens with zero attached hydrogens (tertiary/aromatic N) is 2. The van der Waals surface area contributed by atoms with E-state index in [1.165, 1.54) is 4.90 Å². The minimum Gasteiger partial charge on any atom is -0.444 e. The monoisotopic (exact) mass is 536 g/mol. The van der Waals surface area contributed by atoms with Crippen LogP contribution in [0.3, 0.4) is 0 Å². The third kappa shape index (κ3) is 7.65. The molecule has 1 unspecified atom stereocenters. The summed E-state index contributed by atoms with van der Waals surface area (Å²) >= 11 is 0. The molecule has 11 nitrogen and oxygen atoms in total. The maximum absolute atomic E-state index is 14.0. The summed E-state index contributed by atoms with van der Waals surface area (Å²) < 4.78 is 5.37. The standard InChI is InChI=1S/C25H36N6O5.ClH/c1-25(13-5-6-15-29-25)31(19(16-32)10-7-14-28-23(26)27)22(34)20-11-12-21(33)30(20)24(35)36-17-18-8-3-2-4-9-18;/h2-4,8-9,16,19-20,29H,5-7,10-15,17H2,1H3,(H4,26,27,28);1H/t19-,20+,25?;/m0./s1. The summed E-state index contributed by atoms with van der Waals surface area (Å²) in [5.74, 6) is -1.09. The van der Waals surface area contributed by atoms with Gasteiger partial charge < -0.3 is 25.5 Å². The zero-order valence-electron chi connectivity index (χ0n) is 21.1. The van der Waals surface area contributed by atoms with Crippen molar-refractivity contribution < 1.29 is 23.9 Å². The summed E-state index contributed by atoms with van der Waals surface area (Å²) in [6, 6.07) is 7.26. The van der Waals surface area contributed by atoms with Crippen molar-refractivity contribution >= 4 is 42.6 Å². The van der Waals surface area contributed by atoms with Gasteiger partial charge in [0.1, 0.15) is 18.9 Å². The van der Waals surface area contributed by atoms with Gasteiger partial charge in [-0.2, -0.15) is 0 Å². The molecule has 0 aromatic heterocycles. The Bertz CT molecular complexity index is 956. The second-order valence-electron chi connectivity index (χ2n) is 9.41. The summed E-state index contributed by atoms with van der Waals surface area (Å²) in [5.41, 5.74) is 5.30. The Balaban J connectivity index is 0.00000481. The number of guanidine groups is 1. The van der Waals surface area contributed by atoms with Gasteiger partial charge in [0.25, 0.3) is 0 Å². The molecule has 204 valence electrons. The Morgan fingerprint density at radius 1 is 1.35 bits per heavy atom. The van der Waals surface area contributed by atoms with E-state index in [4.69, 9.17) is 15.9 Å². The molecule has 0 bridgehead atoms. The summed E-state index contributed by atoms with van der Waals surface area (Å²) in [4.78, 5) is 54.2. The number of likely N-dealkylation sites (tertiary alicyclic amines) is 1. The highest BCUT2D eigenvalue weighted by atomic mass is 35.5. The summed E-state index contributed by atoms with van der Waals surface area (Å²) in [6.45, 7) is 2.92. The minimum atomic E-state index is -1.04. The highest BCUT2D eigenvalue weighted by molar-refractivity contribution is 6.01. The van der Waals surface area contributed by atoms with Crippen LogP contribution in [-0.4, -0.2) is 70.8 Å². The summed E-state index contributed by atoms with van der Waals surface area (Å²) in [5, 5.41) is 13.4. The van der Waals surface area contributed by atoms with Crippen LogP contribution in [0.1, 0.15) is 57.4 Å². The van der Waals surface area contributed by atoms with Crippen molar-refractivity contribution in [3.8, 4) is 0 Å². The molecule has 2 aliphatic heterocycles. The van der Waals surface area contributed by atoms with E-state index >= 15 is 0 Å². The van der Waals surface area contributed by atoms with Crippen LogP contribution in [0.4, 0.5) is 4.79 Å². The number of nitrogens with one attached hydrogen (secondary N) is 3. The number of rotatable bonds is 10. The Hall–Kier alpha value is -3.18. The predicted molar refractivity (Wildman–Crippen MR) is 140 cm³/mol. The first-order valence-electron chi connectivity index (χ1n) is 12.4. The molecule has 0 aliphatic carbocycles. The third-order valence-corrected chi connectivity index (χ3v) is 6.75. The maximum atomic E-state index is 14.0. The van der Waals surface area contributed by atoms with Crippen molar-refractivity contribution in [2.75, 3.05) is 13.1 Å². The predicted octanol–water partition coefficient (Wildman–Crippen LogP) is 1.89. The van der Waals surface area contributed by atoms with Crippen molar-refractivity contribution in [3.63, 3.8) is 0 Å². The van der Waals surface area contributed by atoms with Gasteiger partial charge in [-0.1, -0.05) is 30.3 Å². The highest BCUT2D eigenvalue weighted by Gasteiger charge is 2.48.